The molecule has 0 unspecified atom stereocenters. The van der Waals surface area contributed by atoms with Crippen LogP contribution in [0.2, 0.25) is 0 Å². The predicted octanol–water partition coefficient (Wildman–Crippen LogP) is 9.63. The van der Waals surface area contributed by atoms with E-state index in [0.717, 1.165) is 33.4 Å². The van der Waals surface area contributed by atoms with Crippen molar-refractivity contribution in [3.8, 4) is 17.2 Å². The van der Waals surface area contributed by atoms with Gasteiger partial charge in [0, 0.05) is 0 Å². The van der Waals surface area contributed by atoms with E-state index in [-0.39, 0.29) is 0 Å². The van der Waals surface area contributed by atoms with E-state index in [2.05, 4.69) is 59.7 Å². The average Bonchev–Trinajstić information content (AvgIpc) is 2.77. The predicted molar refractivity (Wildman–Crippen MR) is 145 cm³/mol. The molecule has 35 heavy (non-hydrogen) atoms. The standard InChI is InChI=1S/C30H39O4P/c1-19(2)25-13-10-22(7)28(16-25)32-35(31,33-29-17-26(20(3)4)14-11-23(29)8)34-30-18-27(21(5)6)15-12-24(30)9/h10-21H,1-9H3. The Bertz CT molecular complexity index is 1080. The first-order chi connectivity index (χ1) is 16.4. The Balaban J connectivity index is 2.09. The van der Waals surface area contributed by atoms with Gasteiger partial charge in [0.05, 0.1) is 0 Å². The minimum atomic E-state index is -4.12. The molecule has 0 heterocycles. The molecule has 3 aromatic carbocycles. The van der Waals surface area contributed by atoms with Crippen LogP contribution in [-0.2, 0) is 4.57 Å². The molecule has 0 atom stereocenters. The van der Waals surface area contributed by atoms with Crippen LogP contribution >= 0.6 is 7.82 Å². The molecule has 0 fully saturated rings. The van der Waals surface area contributed by atoms with Gasteiger partial charge in [-0.15, -0.1) is 0 Å². The summed E-state index contributed by atoms with van der Waals surface area (Å²) in [5, 5.41) is 0. The lowest BCUT2D eigenvalue weighted by Gasteiger charge is -2.23. The summed E-state index contributed by atoms with van der Waals surface area (Å²) in [6.45, 7) is 18.5. The SMILES string of the molecule is Cc1ccc(C(C)C)cc1OP(=O)(Oc1cc(C(C)C)ccc1C)Oc1cc(C(C)C)ccc1C. The lowest BCUT2D eigenvalue weighted by molar-refractivity contribution is 0.296. The van der Waals surface area contributed by atoms with Crippen molar-refractivity contribution in [2.75, 3.05) is 0 Å². The van der Waals surface area contributed by atoms with Crippen molar-refractivity contribution in [1.29, 1.82) is 0 Å². The fraction of sp³-hybridized carbons (Fsp3) is 0.400. The largest absolute Gasteiger partial charge is 0.647 e. The first kappa shape index (κ1) is 26.9. The molecule has 0 saturated heterocycles. The van der Waals surface area contributed by atoms with Crippen LogP contribution in [0, 0.1) is 20.8 Å². The van der Waals surface area contributed by atoms with Crippen molar-refractivity contribution in [2.45, 2.75) is 80.1 Å². The molecule has 0 aliphatic rings. The molecule has 188 valence electrons. The van der Waals surface area contributed by atoms with Crippen molar-refractivity contribution < 1.29 is 18.1 Å². The Morgan fingerprint density at radius 1 is 0.514 bits per heavy atom. The molecule has 4 nitrogen and oxygen atoms in total. The van der Waals surface area contributed by atoms with E-state index in [9.17, 15) is 4.57 Å². The summed E-state index contributed by atoms with van der Waals surface area (Å²) in [5.41, 5.74) is 5.86. The maximum atomic E-state index is 14.4. The van der Waals surface area contributed by atoms with Crippen molar-refractivity contribution in [3.05, 3.63) is 88.0 Å². The molecule has 0 bridgehead atoms. The van der Waals surface area contributed by atoms with Gasteiger partial charge in [-0.2, -0.15) is 4.57 Å². The third-order valence-corrected chi connectivity index (χ3v) is 7.53. The minimum Gasteiger partial charge on any atom is -0.386 e. The third kappa shape index (κ3) is 6.70. The molecular weight excluding hydrogens is 455 g/mol. The van der Waals surface area contributed by atoms with Crippen LogP contribution < -0.4 is 13.6 Å². The Morgan fingerprint density at radius 2 is 0.771 bits per heavy atom. The zero-order valence-corrected chi connectivity index (χ0v) is 23.4. The van der Waals surface area contributed by atoms with Gasteiger partial charge in [-0.05, 0) is 90.1 Å². The fourth-order valence-electron chi connectivity index (χ4n) is 3.64. The summed E-state index contributed by atoms with van der Waals surface area (Å²) in [6.07, 6.45) is 0. The van der Waals surface area contributed by atoms with Crippen LogP contribution in [0.3, 0.4) is 0 Å². The van der Waals surface area contributed by atoms with Crippen molar-refractivity contribution in [1.82, 2.24) is 0 Å². The van der Waals surface area contributed by atoms with E-state index < -0.39 is 7.82 Å². The highest BCUT2D eigenvalue weighted by atomic mass is 31.2. The van der Waals surface area contributed by atoms with Crippen LogP contribution in [0.1, 0.15) is 92.7 Å². The lowest BCUT2D eigenvalue weighted by atomic mass is 10.0. The number of phosphoric ester groups is 1. The summed E-state index contributed by atoms with van der Waals surface area (Å²) in [5.74, 6) is 2.39. The highest BCUT2D eigenvalue weighted by Gasteiger charge is 2.35. The fourth-order valence-corrected chi connectivity index (χ4v) is 5.06. The van der Waals surface area contributed by atoms with Gasteiger partial charge in [0.2, 0.25) is 0 Å². The molecular formula is C30H39O4P. The highest BCUT2D eigenvalue weighted by Crippen LogP contribution is 2.52. The molecule has 0 amide bonds. The maximum Gasteiger partial charge on any atom is 0.647 e. The van der Waals surface area contributed by atoms with E-state index in [1.165, 1.54) is 0 Å². The molecule has 0 saturated carbocycles. The molecule has 3 aromatic rings. The number of benzene rings is 3. The monoisotopic (exact) mass is 494 g/mol. The van der Waals surface area contributed by atoms with E-state index >= 15 is 0 Å². The third-order valence-electron chi connectivity index (χ3n) is 6.27. The molecule has 5 heteroatoms. The Morgan fingerprint density at radius 3 is 1.00 bits per heavy atom. The topological polar surface area (TPSA) is 44.8 Å². The first-order valence-electron chi connectivity index (χ1n) is 12.4. The Hall–Kier alpha value is -2.71. The normalized spacial score (nSPS) is 11.9. The number of hydrogen-bond donors (Lipinski definition) is 0. The molecule has 0 aliphatic heterocycles. The smallest absolute Gasteiger partial charge is 0.386 e. The summed E-state index contributed by atoms with van der Waals surface area (Å²) in [4.78, 5) is 0. The number of aryl methyl sites for hydroxylation is 3. The lowest BCUT2D eigenvalue weighted by Crippen LogP contribution is -2.10. The second-order valence-corrected chi connectivity index (χ2v) is 11.7. The Kier molecular flexibility index (Phi) is 8.38. The summed E-state index contributed by atoms with van der Waals surface area (Å²) >= 11 is 0. The molecule has 0 aromatic heterocycles. The molecule has 0 aliphatic carbocycles. The van der Waals surface area contributed by atoms with Crippen molar-refractivity contribution in [2.24, 2.45) is 0 Å². The van der Waals surface area contributed by atoms with Gasteiger partial charge >= 0.3 is 7.82 Å². The van der Waals surface area contributed by atoms with Gasteiger partial charge < -0.3 is 13.6 Å². The zero-order valence-electron chi connectivity index (χ0n) is 22.5. The van der Waals surface area contributed by atoms with E-state index in [4.69, 9.17) is 13.6 Å². The van der Waals surface area contributed by atoms with Gasteiger partial charge in [-0.3, -0.25) is 0 Å². The van der Waals surface area contributed by atoms with Gasteiger partial charge in [0.15, 0.2) is 0 Å². The van der Waals surface area contributed by atoms with Crippen LogP contribution in [0.15, 0.2) is 54.6 Å². The quantitative estimate of drug-likeness (QED) is 0.278. The van der Waals surface area contributed by atoms with E-state index in [1.54, 1.807) is 0 Å². The van der Waals surface area contributed by atoms with Crippen LogP contribution in [0.4, 0.5) is 0 Å². The maximum absolute atomic E-state index is 14.4. The second-order valence-electron chi connectivity index (χ2n) is 10.3. The second kappa shape index (κ2) is 10.9. The summed E-state index contributed by atoms with van der Waals surface area (Å²) in [7, 11) is -4.12. The number of phosphoric acid groups is 1. The van der Waals surface area contributed by atoms with Gasteiger partial charge in [-0.1, -0.05) is 77.9 Å². The summed E-state index contributed by atoms with van der Waals surface area (Å²) in [6, 6.07) is 17.9. The zero-order chi connectivity index (χ0) is 25.9. The van der Waals surface area contributed by atoms with Crippen LogP contribution in [0.25, 0.3) is 0 Å². The van der Waals surface area contributed by atoms with Gasteiger partial charge in [0.25, 0.3) is 0 Å². The highest BCUT2D eigenvalue weighted by molar-refractivity contribution is 7.49. The van der Waals surface area contributed by atoms with Crippen LogP contribution in [0.5, 0.6) is 17.2 Å². The van der Waals surface area contributed by atoms with Crippen LogP contribution in [-0.4, -0.2) is 0 Å². The molecule has 0 N–H and O–H groups in total. The summed E-state index contributed by atoms with van der Waals surface area (Å²) < 4.78 is 32.8. The minimum absolute atomic E-state index is 0.300. The van der Waals surface area contributed by atoms with Gasteiger partial charge in [0.1, 0.15) is 17.2 Å². The number of hydrogen-bond acceptors (Lipinski definition) is 4. The van der Waals surface area contributed by atoms with E-state index in [1.807, 2.05) is 57.2 Å². The van der Waals surface area contributed by atoms with E-state index in [0.29, 0.717) is 35.0 Å². The molecule has 0 spiro atoms. The molecule has 0 radical (unpaired) electrons. The first-order valence-corrected chi connectivity index (χ1v) is 13.8. The van der Waals surface area contributed by atoms with Crippen molar-refractivity contribution in [3.63, 3.8) is 0 Å². The molecule has 3 rings (SSSR count). The average molecular weight is 495 g/mol. The van der Waals surface area contributed by atoms with Crippen molar-refractivity contribution >= 4 is 7.82 Å². The Labute approximate surface area is 211 Å². The van der Waals surface area contributed by atoms with Gasteiger partial charge in [-0.25, -0.2) is 0 Å². The number of rotatable bonds is 9.